The smallest absolute Gasteiger partial charge is 0.218 e. The molecule has 160 valence electrons. The third kappa shape index (κ3) is 3.01. The highest BCUT2D eigenvalue weighted by Gasteiger charge is 2.79. The molecular formula is C24H27N5O2. The quantitative estimate of drug-likeness (QED) is 0.690. The first kappa shape index (κ1) is 21.3. The van der Waals surface area contributed by atoms with E-state index in [9.17, 15) is 15.8 Å². The van der Waals surface area contributed by atoms with Gasteiger partial charge in [-0.2, -0.15) is 15.8 Å². The van der Waals surface area contributed by atoms with Gasteiger partial charge >= 0.3 is 0 Å². The van der Waals surface area contributed by atoms with Crippen LogP contribution in [0.3, 0.4) is 0 Å². The van der Waals surface area contributed by atoms with E-state index in [1.54, 1.807) is 24.5 Å². The van der Waals surface area contributed by atoms with E-state index in [1.807, 2.05) is 0 Å². The zero-order valence-electron chi connectivity index (χ0n) is 17.6. The third-order valence-corrected chi connectivity index (χ3v) is 7.33. The van der Waals surface area contributed by atoms with Gasteiger partial charge in [-0.05, 0) is 30.5 Å². The first-order valence-electron chi connectivity index (χ1n) is 11.2. The minimum Gasteiger partial charge on any atom is -0.447 e. The number of nitrogens with one attached hydrogen (secondary N) is 1. The van der Waals surface area contributed by atoms with Crippen LogP contribution in [0.1, 0.15) is 75.9 Å². The van der Waals surface area contributed by atoms with Gasteiger partial charge in [-0.1, -0.05) is 44.9 Å². The predicted molar refractivity (Wildman–Crippen MR) is 111 cm³/mol. The normalized spacial score (nSPS) is 35.1. The molecule has 1 aromatic heterocycles. The first-order valence-corrected chi connectivity index (χ1v) is 11.2. The topological polar surface area (TPSA) is 127 Å². The number of hydrogen-bond donors (Lipinski definition) is 1. The zero-order valence-corrected chi connectivity index (χ0v) is 17.6. The summed E-state index contributed by atoms with van der Waals surface area (Å²) in [6.07, 6.45) is 11.6. The maximum Gasteiger partial charge on any atom is 0.218 e. The molecule has 31 heavy (non-hydrogen) atoms. The lowest BCUT2D eigenvalue weighted by Crippen LogP contribution is -2.72. The molecule has 1 spiro atoms. The molecule has 1 aliphatic carbocycles. The molecular weight excluding hydrogens is 390 g/mol. The van der Waals surface area contributed by atoms with Gasteiger partial charge in [0.05, 0.1) is 24.1 Å². The Morgan fingerprint density at radius 1 is 0.903 bits per heavy atom. The molecule has 4 aliphatic rings. The number of aromatic nitrogens is 1. The molecule has 1 N–H and O–H groups in total. The number of nitrogens with zero attached hydrogens (tertiary/aromatic N) is 4. The standard InChI is InChI=1S/C24H27N5O2/c25-15-22(16-26)19-9-7-5-3-1-2-4-6-8-12-24(19)30-20(18-10-13-29-14-11-18)23(22,17-27)21(28)31-24/h10-11,13-14,19-20,28H,1-9,12H2/t19-,20+,23-,24-/m1/s1. The lowest BCUT2D eigenvalue weighted by molar-refractivity contribution is -0.355. The maximum absolute atomic E-state index is 10.4. The second kappa shape index (κ2) is 8.29. The number of fused-ring (bicyclic) bond motifs is 2. The van der Waals surface area contributed by atoms with E-state index in [0.29, 0.717) is 18.4 Å². The molecule has 4 fully saturated rings. The molecule has 5 rings (SSSR count). The summed E-state index contributed by atoms with van der Waals surface area (Å²) in [5.74, 6) is -2.18. The van der Waals surface area contributed by atoms with Crippen molar-refractivity contribution < 1.29 is 9.47 Å². The lowest BCUT2D eigenvalue weighted by atomic mass is 9.49. The van der Waals surface area contributed by atoms with Crippen LogP contribution in [0.5, 0.6) is 0 Å². The molecule has 7 nitrogen and oxygen atoms in total. The Morgan fingerprint density at radius 2 is 1.52 bits per heavy atom. The van der Waals surface area contributed by atoms with Crippen molar-refractivity contribution in [3.8, 4) is 18.2 Å². The number of rotatable bonds is 1. The molecule has 3 aliphatic heterocycles. The summed E-state index contributed by atoms with van der Waals surface area (Å²) in [4.78, 5) is 4.04. The molecule has 3 saturated heterocycles. The van der Waals surface area contributed by atoms with Crippen molar-refractivity contribution in [2.45, 2.75) is 76.1 Å². The monoisotopic (exact) mass is 417 g/mol. The molecule has 0 radical (unpaired) electrons. The van der Waals surface area contributed by atoms with Crippen LogP contribution in [0.4, 0.5) is 0 Å². The van der Waals surface area contributed by atoms with Gasteiger partial charge in [0.1, 0.15) is 6.10 Å². The van der Waals surface area contributed by atoms with Gasteiger partial charge < -0.3 is 9.47 Å². The average molecular weight is 418 g/mol. The van der Waals surface area contributed by atoms with Crippen molar-refractivity contribution in [1.29, 1.82) is 21.2 Å². The van der Waals surface area contributed by atoms with Gasteiger partial charge in [0.2, 0.25) is 11.7 Å². The fourth-order valence-corrected chi connectivity index (χ4v) is 5.74. The van der Waals surface area contributed by atoms with Crippen molar-refractivity contribution in [3.63, 3.8) is 0 Å². The Morgan fingerprint density at radius 3 is 2.13 bits per heavy atom. The molecule has 1 aromatic rings. The Hall–Kier alpha value is -2.95. The van der Waals surface area contributed by atoms with Gasteiger partial charge in [-0.25, -0.2) is 0 Å². The molecule has 0 unspecified atom stereocenters. The lowest BCUT2D eigenvalue weighted by Gasteiger charge is -2.62. The summed E-state index contributed by atoms with van der Waals surface area (Å²) < 4.78 is 12.7. The minimum atomic E-state index is -1.83. The fourth-order valence-electron chi connectivity index (χ4n) is 5.74. The minimum absolute atomic E-state index is 0.325. The summed E-state index contributed by atoms with van der Waals surface area (Å²) in [5.41, 5.74) is -2.93. The van der Waals surface area contributed by atoms with Gasteiger partial charge in [0.25, 0.3) is 0 Å². The third-order valence-electron chi connectivity index (χ3n) is 7.33. The van der Waals surface area contributed by atoms with Crippen LogP contribution >= 0.6 is 0 Å². The van der Waals surface area contributed by atoms with Crippen LogP contribution in [0.25, 0.3) is 0 Å². The van der Waals surface area contributed by atoms with E-state index in [4.69, 9.17) is 14.9 Å². The van der Waals surface area contributed by atoms with Crippen LogP contribution in [-0.4, -0.2) is 16.7 Å². The number of ether oxygens (including phenoxy) is 2. The first-order chi connectivity index (χ1) is 15.1. The Bertz CT molecular complexity index is 945. The molecule has 7 heteroatoms. The van der Waals surface area contributed by atoms with Crippen molar-refractivity contribution in [1.82, 2.24) is 4.98 Å². The van der Waals surface area contributed by atoms with Crippen LogP contribution in [0.15, 0.2) is 24.5 Å². The fraction of sp³-hybridized carbons (Fsp3) is 0.625. The summed E-state index contributed by atoms with van der Waals surface area (Å²) >= 11 is 0. The summed E-state index contributed by atoms with van der Waals surface area (Å²) in [6.45, 7) is 0. The maximum atomic E-state index is 10.4. The van der Waals surface area contributed by atoms with E-state index in [-0.39, 0.29) is 5.90 Å². The van der Waals surface area contributed by atoms with Crippen molar-refractivity contribution in [2.75, 3.05) is 0 Å². The Kier molecular flexibility index (Phi) is 5.69. The van der Waals surface area contributed by atoms with Gasteiger partial charge in [-0.15, -0.1) is 0 Å². The van der Waals surface area contributed by atoms with E-state index in [1.165, 1.54) is 12.8 Å². The molecule has 0 amide bonds. The summed E-state index contributed by atoms with van der Waals surface area (Å²) in [7, 11) is 0. The van der Waals surface area contributed by atoms with Crippen molar-refractivity contribution in [2.24, 2.45) is 16.7 Å². The SMILES string of the molecule is N#CC1(C#N)[C@H]2CCCCCCCCCC[C@@]23OC(=N)[C@@]1(C#N)[C@H](c1ccncc1)O3. The van der Waals surface area contributed by atoms with E-state index >= 15 is 0 Å². The highest BCUT2D eigenvalue weighted by atomic mass is 16.7. The van der Waals surface area contributed by atoms with Crippen LogP contribution in [0, 0.1) is 56.2 Å². The van der Waals surface area contributed by atoms with E-state index < -0.39 is 28.6 Å². The Balaban J connectivity index is 1.89. The highest BCUT2D eigenvalue weighted by Crippen LogP contribution is 2.68. The second-order valence-corrected chi connectivity index (χ2v) is 8.89. The van der Waals surface area contributed by atoms with Crippen molar-refractivity contribution >= 4 is 5.90 Å². The summed E-state index contributed by atoms with van der Waals surface area (Å²) in [6, 6.07) is 10.1. The largest absolute Gasteiger partial charge is 0.447 e. The van der Waals surface area contributed by atoms with Gasteiger partial charge in [0.15, 0.2) is 10.8 Å². The van der Waals surface area contributed by atoms with Crippen LogP contribution < -0.4 is 0 Å². The van der Waals surface area contributed by atoms with E-state index in [0.717, 1.165) is 38.5 Å². The summed E-state index contributed by atoms with van der Waals surface area (Å²) in [5, 5.41) is 40.0. The van der Waals surface area contributed by atoms with Crippen molar-refractivity contribution in [3.05, 3.63) is 30.1 Å². The number of hydrogen-bond acceptors (Lipinski definition) is 7. The van der Waals surface area contributed by atoms with Gasteiger partial charge in [-0.3, -0.25) is 10.4 Å². The highest BCUT2D eigenvalue weighted by molar-refractivity contribution is 5.88. The number of nitriles is 3. The average Bonchev–Trinajstić information content (AvgIpc) is 2.80. The van der Waals surface area contributed by atoms with E-state index in [2.05, 4.69) is 23.2 Å². The van der Waals surface area contributed by atoms with Crippen LogP contribution in [-0.2, 0) is 9.47 Å². The Labute approximate surface area is 183 Å². The van der Waals surface area contributed by atoms with Crippen LogP contribution in [0.2, 0.25) is 0 Å². The molecule has 4 atom stereocenters. The molecule has 4 heterocycles. The predicted octanol–water partition coefficient (Wildman–Crippen LogP) is 4.93. The molecule has 2 bridgehead atoms. The molecule has 1 saturated carbocycles. The zero-order chi connectivity index (χ0) is 22.0. The molecule has 0 aromatic carbocycles. The number of pyridine rings is 1. The second-order valence-electron chi connectivity index (χ2n) is 8.89. The van der Waals surface area contributed by atoms with Gasteiger partial charge in [0, 0.05) is 18.8 Å².